The van der Waals surface area contributed by atoms with Crippen LogP contribution in [-0.4, -0.2) is 30.7 Å². The largest absolute Gasteiger partial charge is 0.493 e. The first-order valence-corrected chi connectivity index (χ1v) is 8.51. The zero-order chi connectivity index (χ0) is 18.8. The summed E-state index contributed by atoms with van der Waals surface area (Å²) < 4.78 is 23.7. The van der Waals surface area contributed by atoms with Crippen LogP contribution in [0.5, 0.6) is 11.5 Å². The van der Waals surface area contributed by atoms with E-state index in [0.717, 1.165) is 0 Å². The van der Waals surface area contributed by atoms with E-state index >= 15 is 0 Å². The number of carbonyl (C=O) groups is 1. The Labute approximate surface area is 152 Å². The van der Waals surface area contributed by atoms with Crippen LogP contribution in [0.15, 0.2) is 40.8 Å². The van der Waals surface area contributed by atoms with Gasteiger partial charge in [0.1, 0.15) is 5.82 Å². The van der Waals surface area contributed by atoms with Crippen molar-refractivity contribution in [2.24, 2.45) is 0 Å². The number of nitro benzene ring substituents is 1. The molecular formula is C18H14FNO5S. The molecular weight excluding hydrogens is 361 g/mol. The van der Waals surface area contributed by atoms with Crippen LogP contribution < -0.4 is 9.47 Å². The zero-order valence-corrected chi connectivity index (χ0v) is 14.8. The lowest BCUT2D eigenvalue weighted by molar-refractivity contribution is -0.385. The standard InChI is InChI=1S/C18H14FNO5S/c1-24-15-6-10(14(20(22)23)8-16(15)25-2)5-11-9-26-17-4-3-12(19)7-13(17)18(11)21/h3-8H,9H2,1-2H3/b11-5-. The second kappa shape index (κ2) is 7.17. The smallest absolute Gasteiger partial charge is 0.280 e. The average Bonchev–Trinajstić information content (AvgIpc) is 2.63. The van der Waals surface area contributed by atoms with Gasteiger partial charge in [0.25, 0.3) is 5.69 Å². The SMILES string of the molecule is COc1cc(/C=C2/CSc3ccc(F)cc3C2=O)c([N+](=O)[O-])cc1OC. The van der Waals surface area contributed by atoms with Crippen molar-refractivity contribution >= 4 is 29.3 Å². The summed E-state index contributed by atoms with van der Waals surface area (Å²) in [5.41, 5.74) is 0.619. The Kier molecular flexibility index (Phi) is 4.94. The van der Waals surface area contributed by atoms with Gasteiger partial charge in [0, 0.05) is 21.8 Å². The summed E-state index contributed by atoms with van der Waals surface area (Å²) in [7, 11) is 2.80. The summed E-state index contributed by atoms with van der Waals surface area (Å²) in [6.45, 7) is 0. The van der Waals surface area contributed by atoms with Gasteiger partial charge in [-0.1, -0.05) is 0 Å². The first-order chi connectivity index (χ1) is 12.4. The second-order valence-electron chi connectivity index (χ2n) is 5.45. The third-order valence-electron chi connectivity index (χ3n) is 3.92. The zero-order valence-electron chi connectivity index (χ0n) is 13.9. The molecule has 0 saturated carbocycles. The summed E-state index contributed by atoms with van der Waals surface area (Å²) >= 11 is 1.38. The third-order valence-corrected chi connectivity index (χ3v) is 5.04. The number of Topliss-reactive ketones (excluding diaryl/α,β-unsaturated/α-hetero) is 1. The molecule has 0 radical (unpaired) electrons. The molecule has 8 heteroatoms. The second-order valence-corrected chi connectivity index (χ2v) is 6.47. The van der Waals surface area contributed by atoms with Crippen LogP contribution in [0.25, 0.3) is 6.08 Å². The molecule has 0 aromatic heterocycles. The maximum absolute atomic E-state index is 13.5. The molecule has 2 aromatic carbocycles. The van der Waals surface area contributed by atoms with Crippen molar-refractivity contribution in [1.82, 2.24) is 0 Å². The first kappa shape index (κ1) is 17.9. The van der Waals surface area contributed by atoms with Gasteiger partial charge in [-0.2, -0.15) is 0 Å². The molecule has 134 valence electrons. The molecule has 0 atom stereocenters. The highest BCUT2D eigenvalue weighted by molar-refractivity contribution is 7.99. The van der Waals surface area contributed by atoms with Crippen LogP contribution in [0.1, 0.15) is 15.9 Å². The molecule has 0 aliphatic carbocycles. The number of methoxy groups -OCH3 is 2. The van der Waals surface area contributed by atoms with Gasteiger partial charge in [-0.15, -0.1) is 11.8 Å². The van der Waals surface area contributed by atoms with Gasteiger partial charge in [-0.05, 0) is 30.3 Å². The molecule has 0 N–H and O–H groups in total. The maximum Gasteiger partial charge on any atom is 0.280 e. The van der Waals surface area contributed by atoms with E-state index < -0.39 is 10.7 Å². The van der Waals surface area contributed by atoms with Crippen molar-refractivity contribution in [3.05, 3.63) is 63.0 Å². The minimum atomic E-state index is -0.553. The fourth-order valence-corrected chi connectivity index (χ4v) is 3.65. The lowest BCUT2D eigenvalue weighted by Crippen LogP contribution is -2.13. The summed E-state index contributed by atoms with van der Waals surface area (Å²) in [4.78, 5) is 24.2. The van der Waals surface area contributed by atoms with E-state index in [1.54, 1.807) is 6.07 Å². The number of ketones is 1. The molecule has 3 rings (SSSR count). The molecule has 6 nitrogen and oxygen atoms in total. The fraction of sp³-hybridized carbons (Fsp3) is 0.167. The molecule has 0 amide bonds. The molecule has 1 aliphatic rings. The number of benzene rings is 2. The van der Waals surface area contributed by atoms with E-state index in [0.29, 0.717) is 22.0 Å². The highest BCUT2D eigenvalue weighted by Crippen LogP contribution is 2.38. The number of rotatable bonds is 4. The molecule has 0 fully saturated rings. The number of carbonyl (C=O) groups excluding carboxylic acids is 1. The minimum absolute atomic E-state index is 0.210. The highest BCUT2D eigenvalue weighted by Gasteiger charge is 2.25. The molecule has 26 heavy (non-hydrogen) atoms. The number of thioether (sulfide) groups is 1. The average molecular weight is 375 g/mol. The van der Waals surface area contributed by atoms with Gasteiger partial charge >= 0.3 is 0 Å². The number of halogens is 1. The molecule has 0 bridgehead atoms. The fourth-order valence-electron chi connectivity index (χ4n) is 2.65. The third kappa shape index (κ3) is 3.28. The molecule has 0 unspecified atom stereocenters. The first-order valence-electron chi connectivity index (χ1n) is 7.52. The number of hydrogen-bond acceptors (Lipinski definition) is 6. The number of ether oxygens (including phenoxy) is 2. The Morgan fingerprint density at radius 1 is 1.19 bits per heavy atom. The lowest BCUT2D eigenvalue weighted by atomic mass is 10.0. The highest BCUT2D eigenvalue weighted by atomic mass is 32.2. The predicted octanol–water partition coefficient (Wildman–Crippen LogP) is 4.12. The number of nitro groups is 1. The molecule has 1 aliphatic heterocycles. The molecule has 0 saturated heterocycles. The van der Waals surface area contributed by atoms with Crippen LogP contribution in [0.4, 0.5) is 10.1 Å². The Hall–Kier alpha value is -2.87. The summed E-state index contributed by atoms with van der Waals surface area (Å²) in [6.07, 6.45) is 1.45. The van der Waals surface area contributed by atoms with Crippen molar-refractivity contribution in [1.29, 1.82) is 0 Å². The molecule has 1 heterocycles. The van der Waals surface area contributed by atoms with E-state index in [4.69, 9.17) is 9.47 Å². The summed E-state index contributed by atoms with van der Waals surface area (Å²) in [5.74, 6) is 0.0203. The van der Waals surface area contributed by atoms with Gasteiger partial charge in [0.2, 0.25) is 0 Å². The summed E-state index contributed by atoms with van der Waals surface area (Å²) in [6, 6.07) is 6.73. The summed E-state index contributed by atoms with van der Waals surface area (Å²) in [5, 5.41) is 11.4. The van der Waals surface area contributed by atoms with Crippen LogP contribution in [-0.2, 0) is 0 Å². The Balaban J connectivity index is 2.10. The maximum atomic E-state index is 13.5. The van der Waals surface area contributed by atoms with E-state index in [-0.39, 0.29) is 28.3 Å². The molecule has 2 aromatic rings. The van der Waals surface area contributed by atoms with E-state index in [1.165, 1.54) is 56.3 Å². The van der Waals surface area contributed by atoms with E-state index in [2.05, 4.69) is 0 Å². The van der Waals surface area contributed by atoms with E-state index in [1.807, 2.05) is 0 Å². The number of nitrogens with zero attached hydrogens (tertiary/aromatic N) is 1. The van der Waals surface area contributed by atoms with Crippen LogP contribution in [0.2, 0.25) is 0 Å². The lowest BCUT2D eigenvalue weighted by Gasteiger charge is -2.17. The van der Waals surface area contributed by atoms with Crippen molar-refractivity contribution in [3.8, 4) is 11.5 Å². The minimum Gasteiger partial charge on any atom is -0.493 e. The van der Waals surface area contributed by atoms with Crippen LogP contribution >= 0.6 is 11.8 Å². The quantitative estimate of drug-likeness (QED) is 0.454. The van der Waals surface area contributed by atoms with Crippen LogP contribution in [0.3, 0.4) is 0 Å². The molecule has 0 spiro atoms. The van der Waals surface area contributed by atoms with Gasteiger partial charge in [0.05, 0.1) is 30.8 Å². The van der Waals surface area contributed by atoms with Gasteiger partial charge in [-0.25, -0.2) is 4.39 Å². The Morgan fingerprint density at radius 2 is 1.88 bits per heavy atom. The van der Waals surface area contributed by atoms with Gasteiger partial charge in [-0.3, -0.25) is 14.9 Å². The number of hydrogen-bond donors (Lipinski definition) is 0. The normalized spacial score (nSPS) is 14.9. The van der Waals surface area contributed by atoms with Gasteiger partial charge in [0.15, 0.2) is 17.3 Å². The Bertz CT molecular complexity index is 941. The van der Waals surface area contributed by atoms with Crippen molar-refractivity contribution in [2.45, 2.75) is 4.90 Å². The van der Waals surface area contributed by atoms with E-state index in [9.17, 15) is 19.3 Å². The van der Waals surface area contributed by atoms with Crippen LogP contribution in [0, 0.1) is 15.9 Å². The Morgan fingerprint density at radius 3 is 2.54 bits per heavy atom. The van der Waals surface area contributed by atoms with Crippen molar-refractivity contribution in [3.63, 3.8) is 0 Å². The monoisotopic (exact) mass is 375 g/mol. The topological polar surface area (TPSA) is 78.7 Å². The predicted molar refractivity (Wildman–Crippen MR) is 95.6 cm³/mol. The number of fused-ring (bicyclic) bond motifs is 1. The van der Waals surface area contributed by atoms with Crippen molar-refractivity contribution < 1.29 is 23.6 Å². The van der Waals surface area contributed by atoms with Crippen molar-refractivity contribution in [2.75, 3.05) is 20.0 Å². The van der Waals surface area contributed by atoms with Gasteiger partial charge < -0.3 is 9.47 Å².